The number of nitrogens with two attached hydrogens (primary N) is 1. The van der Waals surface area contributed by atoms with E-state index in [-0.39, 0.29) is 5.60 Å². The summed E-state index contributed by atoms with van der Waals surface area (Å²) in [6.45, 7) is 9.82. The molecule has 0 radical (unpaired) electrons. The Morgan fingerprint density at radius 2 is 1.94 bits per heavy atom. The maximum absolute atomic E-state index is 5.77. The number of hydrogen-bond donors (Lipinski definition) is 2. The average molecular weight is 224 g/mol. The van der Waals surface area contributed by atoms with Crippen molar-refractivity contribution in [1.29, 1.82) is 0 Å². The van der Waals surface area contributed by atoms with Crippen LogP contribution in [0.1, 0.15) is 39.1 Å². The lowest BCUT2D eigenvalue weighted by atomic mass is 10.2. The van der Waals surface area contributed by atoms with Crippen LogP contribution in [0.25, 0.3) is 0 Å². The van der Waals surface area contributed by atoms with Crippen LogP contribution in [-0.2, 0) is 6.42 Å². The molecule has 16 heavy (non-hydrogen) atoms. The van der Waals surface area contributed by atoms with E-state index in [1.807, 2.05) is 34.6 Å². The van der Waals surface area contributed by atoms with E-state index in [0.717, 1.165) is 17.8 Å². The molecule has 0 bridgehead atoms. The van der Waals surface area contributed by atoms with Gasteiger partial charge in [-0.25, -0.2) is 10.8 Å². The number of nitrogens with one attached hydrogen (secondary N) is 1. The number of aryl methyl sites for hydroxylation is 1. The van der Waals surface area contributed by atoms with Crippen LogP contribution in [0.2, 0.25) is 0 Å². The second kappa shape index (κ2) is 4.65. The van der Waals surface area contributed by atoms with Crippen molar-refractivity contribution in [2.75, 3.05) is 5.43 Å². The highest BCUT2D eigenvalue weighted by Gasteiger charge is 2.17. The molecule has 1 aromatic heterocycles. The van der Waals surface area contributed by atoms with Crippen molar-refractivity contribution in [1.82, 2.24) is 9.97 Å². The highest BCUT2D eigenvalue weighted by atomic mass is 16.5. The molecule has 0 aliphatic rings. The van der Waals surface area contributed by atoms with Crippen LogP contribution in [0.3, 0.4) is 0 Å². The number of nitrogens with zero attached hydrogens (tertiary/aromatic N) is 2. The van der Waals surface area contributed by atoms with Gasteiger partial charge in [0.15, 0.2) is 0 Å². The van der Waals surface area contributed by atoms with Crippen molar-refractivity contribution >= 4 is 5.82 Å². The topological polar surface area (TPSA) is 73.1 Å². The van der Waals surface area contributed by atoms with Gasteiger partial charge in [0.25, 0.3) is 0 Å². The van der Waals surface area contributed by atoms with Crippen molar-refractivity contribution in [3.8, 4) is 5.88 Å². The first-order valence-corrected chi connectivity index (χ1v) is 5.40. The van der Waals surface area contributed by atoms with Crippen molar-refractivity contribution in [3.05, 3.63) is 11.4 Å². The molecule has 0 saturated heterocycles. The highest BCUT2D eigenvalue weighted by molar-refractivity contribution is 5.47. The Hall–Kier alpha value is -1.36. The zero-order chi connectivity index (χ0) is 12.3. The Balaban J connectivity index is 3.16. The molecule has 1 aromatic rings. The second-order valence-corrected chi connectivity index (χ2v) is 4.63. The smallest absolute Gasteiger partial charge is 0.222 e. The largest absolute Gasteiger partial charge is 0.472 e. The second-order valence-electron chi connectivity index (χ2n) is 4.63. The minimum atomic E-state index is -0.282. The Kier molecular flexibility index (Phi) is 3.70. The quantitative estimate of drug-likeness (QED) is 0.605. The first-order valence-electron chi connectivity index (χ1n) is 5.40. The Bertz CT molecular complexity index is 371. The molecule has 1 rings (SSSR count). The van der Waals surface area contributed by atoms with Gasteiger partial charge in [0.1, 0.15) is 17.2 Å². The van der Waals surface area contributed by atoms with Crippen LogP contribution >= 0.6 is 0 Å². The monoisotopic (exact) mass is 224 g/mol. The SMILES string of the molecule is CCc1nc(NN)c(C)c(OC(C)(C)C)n1. The molecule has 0 unspecified atom stereocenters. The molecule has 0 spiro atoms. The standard InChI is InChI=1S/C11H20N4O/c1-6-8-13-9(15-12)7(2)10(14-8)16-11(3,4)5/h6,12H2,1-5H3,(H,13,14,15). The van der Waals surface area contributed by atoms with Crippen LogP contribution < -0.4 is 16.0 Å². The summed E-state index contributed by atoms with van der Waals surface area (Å²) in [4.78, 5) is 8.63. The van der Waals surface area contributed by atoms with E-state index in [1.165, 1.54) is 0 Å². The van der Waals surface area contributed by atoms with E-state index in [2.05, 4.69) is 15.4 Å². The van der Waals surface area contributed by atoms with E-state index in [0.29, 0.717) is 11.7 Å². The Morgan fingerprint density at radius 1 is 1.31 bits per heavy atom. The summed E-state index contributed by atoms with van der Waals surface area (Å²) >= 11 is 0. The lowest BCUT2D eigenvalue weighted by Gasteiger charge is -2.22. The van der Waals surface area contributed by atoms with Crippen LogP contribution in [0.5, 0.6) is 5.88 Å². The van der Waals surface area contributed by atoms with Gasteiger partial charge in [-0.05, 0) is 27.7 Å². The predicted octanol–water partition coefficient (Wildman–Crippen LogP) is 1.81. The summed E-state index contributed by atoms with van der Waals surface area (Å²) in [6.07, 6.45) is 0.745. The number of hydrazine groups is 1. The van der Waals surface area contributed by atoms with Gasteiger partial charge < -0.3 is 10.2 Å². The first kappa shape index (κ1) is 12.7. The molecule has 0 aliphatic carbocycles. The zero-order valence-corrected chi connectivity index (χ0v) is 10.6. The summed E-state index contributed by atoms with van der Waals surface area (Å²) in [6, 6.07) is 0. The van der Waals surface area contributed by atoms with Gasteiger partial charge in [0, 0.05) is 6.42 Å². The number of ether oxygens (including phenoxy) is 1. The minimum Gasteiger partial charge on any atom is -0.472 e. The molecule has 0 fully saturated rings. The van der Waals surface area contributed by atoms with Crippen LogP contribution in [0.15, 0.2) is 0 Å². The highest BCUT2D eigenvalue weighted by Crippen LogP contribution is 2.24. The van der Waals surface area contributed by atoms with E-state index < -0.39 is 0 Å². The van der Waals surface area contributed by atoms with Crippen molar-refractivity contribution in [2.24, 2.45) is 5.84 Å². The lowest BCUT2D eigenvalue weighted by molar-refractivity contribution is 0.122. The fourth-order valence-corrected chi connectivity index (χ4v) is 1.23. The molecule has 0 saturated carbocycles. The first-order chi connectivity index (χ1) is 7.37. The number of rotatable bonds is 3. The molecule has 0 amide bonds. The third-order valence-corrected chi connectivity index (χ3v) is 2.00. The summed E-state index contributed by atoms with van der Waals surface area (Å²) in [5, 5.41) is 0. The summed E-state index contributed by atoms with van der Waals surface area (Å²) in [5.74, 6) is 7.34. The average Bonchev–Trinajstić information content (AvgIpc) is 2.19. The molecule has 3 N–H and O–H groups in total. The van der Waals surface area contributed by atoms with E-state index in [9.17, 15) is 0 Å². The molecular formula is C11H20N4O. The van der Waals surface area contributed by atoms with Gasteiger partial charge in [-0.2, -0.15) is 4.98 Å². The summed E-state index contributed by atoms with van der Waals surface area (Å²) in [5.41, 5.74) is 3.11. The molecule has 0 aromatic carbocycles. The van der Waals surface area contributed by atoms with Gasteiger partial charge in [-0.3, -0.25) is 0 Å². The fraction of sp³-hybridized carbons (Fsp3) is 0.636. The number of anilines is 1. The van der Waals surface area contributed by atoms with Gasteiger partial charge in [-0.15, -0.1) is 0 Å². The number of nitrogen functional groups attached to an aromatic ring is 1. The normalized spacial score (nSPS) is 11.4. The predicted molar refractivity (Wildman–Crippen MR) is 64.3 cm³/mol. The van der Waals surface area contributed by atoms with E-state index in [1.54, 1.807) is 0 Å². The zero-order valence-electron chi connectivity index (χ0n) is 10.6. The summed E-state index contributed by atoms with van der Waals surface area (Å²) < 4.78 is 5.77. The number of aromatic nitrogens is 2. The molecule has 1 heterocycles. The summed E-state index contributed by atoms with van der Waals surface area (Å²) in [7, 11) is 0. The Morgan fingerprint density at radius 3 is 2.38 bits per heavy atom. The molecule has 90 valence electrons. The molecule has 5 heteroatoms. The fourth-order valence-electron chi connectivity index (χ4n) is 1.23. The van der Waals surface area contributed by atoms with Crippen molar-refractivity contribution < 1.29 is 4.74 Å². The van der Waals surface area contributed by atoms with Gasteiger partial charge >= 0.3 is 0 Å². The number of hydrogen-bond acceptors (Lipinski definition) is 5. The van der Waals surface area contributed by atoms with Gasteiger partial charge in [0.2, 0.25) is 5.88 Å². The van der Waals surface area contributed by atoms with Crippen LogP contribution in [-0.4, -0.2) is 15.6 Å². The van der Waals surface area contributed by atoms with E-state index >= 15 is 0 Å². The van der Waals surface area contributed by atoms with Gasteiger partial charge in [0.05, 0.1) is 5.56 Å². The molecular weight excluding hydrogens is 204 g/mol. The van der Waals surface area contributed by atoms with Crippen LogP contribution in [0, 0.1) is 6.92 Å². The van der Waals surface area contributed by atoms with Crippen molar-refractivity contribution in [2.45, 2.75) is 46.6 Å². The van der Waals surface area contributed by atoms with Gasteiger partial charge in [-0.1, -0.05) is 6.92 Å². The molecule has 0 aliphatic heterocycles. The Labute approximate surface area is 96.4 Å². The molecule has 5 nitrogen and oxygen atoms in total. The lowest BCUT2D eigenvalue weighted by Crippen LogP contribution is -2.25. The maximum Gasteiger partial charge on any atom is 0.222 e. The van der Waals surface area contributed by atoms with Crippen LogP contribution in [0.4, 0.5) is 5.82 Å². The third kappa shape index (κ3) is 3.06. The van der Waals surface area contributed by atoms with E-state index in [4.69, 9.17) is 10.6 Å². The maximum atomic E-state index is 5.77. The third-order valence-electron chi connectivity index (χ3n) is 2.00. The van der Waals surface area contributed by atoms with Crippen molar-refractivity contribution in [3.63, 3.8) is 0 Å². The molecule has 0 atom stereocenters. The minimum absolute atomic E-state index is 0.282.